The van der Waals surface area contributed by atoms with Gasteiger partial charge in [0.2, 0.25) is 10.0 Å². The smallest absolute Gasteiger partial charge is 0.251 e. The van der Waals surface area contributed by atoms with E-state index in [9.17, 15) is 13.2 Å². The Kier molecular flexibility index (Phi) is 7.88. The molecule has 8 heteroatoms. The van der Waals surface area contributed by atoms with Crippen LogP contribution >= 0.6 is 23.1 Å². The minimum atomic E-state index is -3.59. The normalized spacial score (nSPS) is 11.3. The van der Waals surface area contributed by atoms with Gasteiger partial charge in [-0.25, -0.2) is 13.1 Å². The number of hydrogen-bond donors (Lipinski definition) is 2. The predicted molar refractivity (Wildman–Crippen MR) is 119 cm³/mol. The van der Waals surface area contributed by atoms with Crippen LogP contribution in [0.15, 0.2) is 81.9 Å². The molecule has 0 saturated carbocycles. The zero-order valence-electron chi connectivity index (χ0n) is 15.7. The van der Waals surface area contributed by atoms with Crippen molar-refractivity contribution >= 4 is 39.0 Å². The second kappa shape index (κ2) is 10.6. The highest BCUT2D eigenvalue weighted by Gasteiger charge is 2.14. The van der Waals surface area contributed by atoms with E-state index in [2.05, 4.69) is 10.0 Å². The van der Waals surface area contributed by atoms with E-state index >= 15 is 0 Å². The standard InChI is InChI=1S/C21H22N2O3S3/c24-21(22-14-16-28-18-5-2-1-3-6-18)17-8-10-20(11-9-17)29(25,26)23-13-12-19-7-4-15-27-19/h1-11,15,23H,12-14,16H2,(H,22,24). The van der Waals surface area contributed by atoms with Crippen molar-refractivity contribution in [2.75, 3.05) is 18.8 Å². The fraction of sp³-hybridized carbons (Fsp3) is 0.190. The van der Waals surface area contributed by atoms with Crippen molar-refractivity contribution in [1.29, 1.82) is 0 Å². The summed E-state index contributed by atoms with van der Waals surface area (Å²) in [6.07, 6.45) is 0.651. The number of hydrogen-bond acceptors (Lipinski definition) is 5. The molecule has 2 N–H and O–H groups in total. The molecular formula is C21H22N2O3S3. The fourth-order valence-electron chi connectivity index (χ4n) is 2.58. The van der Waals surface area contributed by atoms with Crippen molar-refractivity contribution in [1.82, 2.24) is 10.0 Å². The molecule has 0 atom stereocenters. The van der Waals surface area contributed by atoms with E-state index in [0.717, 1.165) is 15.5 Å². The molecule has 5 nitrogen and oxygen atoms in total. The zero-order valence-corrected chi connectivity index (χ0v) is 18.2. The van der Waals surface area contributed by atoms with E-state index < -0.39 is 10.0 Å². The molecule has 29 heavy (non-hydrogen) atoms. The Morgan fingerprint density at radius 3 is 2.38 bits per heavy atom. The summed E-state index contributed by atoms with van der Waals surface area (Å²) in [5.74, 6) is 0.546. The largest absolute Gasteiger partial charge is 0.351 e. The maximum atomic E-state index is 12.4. The second-order valence-corrected chi connectivity index (χ2v) is 10.1. The van der Waals surface area contributed by atoms with E-state index in [1.165, 1.54) is 24.3 Å². The van der Waals surface area contributed by atoms with Gasteiger partial charge in [-0.15, -0.1) is 23.1 Å². The average molecular weight is 447 g/mol. The minimum absolute atomic E-state index is 0.153. The first kappa shape index (κ1) is 21.6. The zero-order chi connectivity index (χ0) is 20.5. The van der Waals surface area contributed by atoms with Crippen LogP contribution in [-0.2, 0) is 16.4 Å². The molecule has 1 aromatic heterocycles. The first-order valence-corrected chi connectivity index (χ1v) is 12.5. The SMILES string of the molecule is O=C(NCCSc1ccccc1)c1ccc(S(=O)(=O)NCCc2cccs2)cc1. The maximum absolute atomic E-state index is 12.4. The quantitative estimate of drug-likeness (QED) is 0.367. The lowest BCUT2D eigenvalue weighted by molar-refractivity contribution is 0.0956. The molecule has 0 spiro atoms. The van der Waals surface area contributed by atoms with Gasteiger partial charge in [-0.05, 0) is 54.3 Å². The summed E-state index contributed by atoms with van der Waals surface area (Å²) in [7, 11) is -3.59. The number of nitrogens with one attached hydrogen (secondary N) is 2. The van der Waals surface area contributed by atoms with Crippen LogP contribution in [-0.4, -0.2) is 33.2 Å². The summed E-state index contributed by atoms with van der Waals surface area (Å²) < 4.78 is 27.3. The number of thioether (sulfide) groups is 1. The molecule has 0 fully saturated rings. The maximum Gasteiger partial charge on any atom is 0.251 e. The molecule has 0 radical (unpaired) electrons. The van der Waals surface area contributed by atoms with Crippen LogP contribution in [0.1, 0.15) is 15.2 Å². The summed E-state index contributed by atoms with van der Waals surface area (Å²) in [6, 6.07) is 19.9. The molecular weight excluding hydrogens is 424 g/mol. The van der Waals surface area contributed by atoms with Gasteiger partial charge in [0.25, 0.3) is 5.91 Å². The number of sulfonamides is 1. The summed E-state index contributed by atoms with van der Waals surface area (Å²) in [5.41, 5.74) is 0.437. The van der Waals surface area contributed by atoms with Crippen molar-refractivity contribution in [3.8, 4) is 0 Å². The molecule has 0 saturated heterocycles. The first-order valence-electron chi connectivity index (χ1n) is 9.13. The lowest BCUT2D eigenvalue weighted by atomic mass is 10.2. The fourth-order valence-corrected chi connectivity index (χ4v) is 5.11. The van der Waals surface area contributed by atoms with Crippen LogP contribution in [0.25, 0.3) is 0 Å². The molecule has 0 unspecified atom stereocenters. The topological polar surface area (TPSA) is 75.3 Å². The summed E-state index contributed by atoms with van der Waals surface area (Å²) in [4.78, 5) is 14.7. The third-order valence-corrected chi connectivity index (χ3v) is 7.50. The van der Waals surface area contributed by atoms with Crippen LogP contribution in [0.2, 0.25) is 0 Å². The van der Waals surface area contributed by atoms with E-state index in [1.807, 2.05) is 47.8 Å². The third-order valence-electron chi connectivity index (χ3n) is 4.07. The molecule has 0 bridgehead atoms. The second-order valence-electron chi connectivity index (χ2n) is 6.17. The lowest BCUT2D eigenvalue weighted by Crippen LogP contribution is -2.27. The Morgan fingerprint density at radius 1 is 0.931 bits per heavy atom. The number of carbonyl (C=O) groups is 1. The monoisotopic (exact) mass is 446 g/mol. The van der Waals surface area contributed by atoms with Gasteiger partial charge < -0.3 is 5.32 Å². The molecule has 0 aliphatic heterocycles. The Labute approximate surface area is 179 Å². The van der Waals surface area contributed by atoms with Gasteiger partial charge >= 0.3 is 0 Å². The van der Waals surface area contributed by atoms with Gasteiger partial charge in [0.05, 0.1) is 4.90 Å². The van der Waals surface area contributed by atoms with E-state index in [1.54, 1.807) is 23.1 Å². The molecule has 152 valence electrons. The molecule has 1 amide bonds. The highest BCUT2D eigenvalue weighted by molar-refractivity contribution is 7.99. The number of carbonyl (C=O) groups excluding carboxylic acids is 1. The molecule has 3 rings (SSSR count). The summed E-state index contributed by atoms with van der Waals surface area (Å²) in [5, 5.41) is 4.82. The van der Waals surface area contributed by atoms with Crippen LogP contribution in [0.3, 0.4) is 0 Å². The Bertz CT molecular complexity index is 1000. The molecule has 1 heterocycles. The van der Waals surface area contributed by atoms with E-state index in [4.69, 9.17) is 0 Å². The van der Waals surface area contributed by atoms with Gasteiger partial charge in [-0.1, -0.05) is 24.3 Å². The lowest BCUT2D eigenvalue weighted by Gasteiger charge is -2.08. The van der Waals surface area contributed by atoms with Crippen LogP contribution in [0.4, 0.5) is 0 Å². The molecule has 0 aliphatic carbocycles. The average Bonchev–Trinajstić information content (AvgIpc) is 3.25. The predicted octanol–water partition coefficient (Wildman–Crippen LogP) is 3.79. The van der Waals surface area contributed by atoms with Crippen LogP contribution in [0.5, 0.6) is 0 Å². The van der Waals surface area contributed by atoms with Crippen molar-refractivity contribution in [3.05, 3.63) is 82.6 Å². The van der Waals surface area contributed by atoms with Crippen molar-refractivity contribution in [2.24, 2.45) is 0 Å². The first-order chi connectivity index (χ1) is 14.0. The molecule has 2 aromatic carbocycles. The Morgan fingerprint density at radius 2 is 1.69 bits per heavy atom. The highest BCUT2D eigenvalue weighted by Crippen LogP contribution is 2.16. The Hall–Kier alpha value is -2.13. The van der Waals surface area contributed by atoms with Crippen molar-refractivity contribution in [2.45, 2.75) is 16.2 Å². The summed E-state index contributed by atoms with van der Waals surface area (Å²) >= 11 is 3.27. The number of thiophene rings is 1. The molecule has 0 aliphatic rings. The number of amides is 1. The van der Waals surface area contributed by atoms with E-state index in [0.29, 0.717) is 25.1 Å². The van der Waals surface area contributed by atoms with Gasteiger partial charge in [-0.3, -0.25) is 4.79 Å². The van der Waals surface area contributed by atoms with Crippen LogP contribution < -0.4 is 10.0 Å². The van der Waals surface area contributed by atoms with Gasteiger partial charge in [-0.2, -0.15) is 0 Å². The van der Waals surface area contributed by atoms with Gasteiger partial charge in [0.1, 0.15) is 0 Å². The van der Waals surface area contributed by atoms with Crippen LogP contribution in [0, 0.1) is 0 Å². The van der Waals surface area contributed by atoms with Gasteiger partial charge in [0.15, 0.2) is 0 Å². The van der Waals surface area contributed by atoms with Crippen molar-refractivity contribution < 1.29 is 13.2 Å². The molecule has 3 aromatic rings. The third kappa shape index (κ3) is 6.71. The van der Waals surface area contributed by atoms with Gasteiger partial charge in [0, 0.05) is 34.2 Å². The van der Waals surface area contributed by atoms with E-state index in [-0.39, 0.29) is 10.8 Å². The Balaban J connectivity index is 1.46. The number of benzene rings is 2. The minimum Gasteiger partial charge on any atom is -0.351 e. The highest BCUT2D eigenvalue weighted by atomic mass is 32.2. The number of rotatable bonds is 10. The van der Waals surface area contributed by atoms with Crippen molar-refractivity contribution in [3.63, 3.8) is 0 Å². The summed E-state index contributed by atoms with van der Waals surface area (Å²) in [6.45, 7) is 0.868.